The molecule has 6 atom stereocenters. The third-order valence-corrected chi connectivity index (χ3v) is 13.9. The number of fused-ring (bicyclic) bond motifs is 4. The van der Waals surface area contributed by atoms with Crippen molar-refractivity contribution in [3.63, 3.8) is 0 Å². The lowest BCUT2D eigenvalue weighted by Crippen LogP contribution is -2.50. The minimum atomic E-state index is -1.90. The maximum atomic E-state index is 18.2. The number of nitrogens with one attached hydrogen (secondary N) is 1. The monoisotopic (exact) mass is 825 g/mol. The molecule has 3 heterocycles. The molecular formula is C43H49FN7O7P. The highest BCUT2D eigenvalue weighted by Crippen LogP contribution is 2.76. The van der Waals surface area contributed by atoms with E-state index in [-0.39, 0.29) is 61.5 Å². The Morgan fingerprint density at radius 3 is 2.19 bits per heavy atom. The number of H-pyrrole nitrogens is 1. The summed E-state index contributed by atoms with van der Waals surface area (Å²) in [5.74, 6) is 1.22. The average Bonchev–Trinajstić information content (AvgIpc) is 3.50. The lowest BCUT2D eigenvalue weighted by Gasteiger charge is -2.43. The number of methoxy groups -OCH3 is 2. The van der Waals surface area contributed by atoms with E-state index in [1.165, 1.54) is 6.33 Å². The number of anilines is 1. The molecule has 0 spiro atoms. The summed E-state index contributed by atoms with van der Waals surface area (Å²) in [6, 6.07) is 27.0. The van der Waals surface area contributed by atoms with Crippen molar-refractivity contribution in [1.82, 2.24) is 24.2 Å². The van der Waals surface area contributed by atoms with Gasteiger partial charge in [0, 0.05) is 31.3 Å². The van der Waals surface area contributed by atoms with Crippen LogP contribution in [0.1, 0.15) is 76.3 Å². The molecule has 14 nitrogen and oxygen atoms in total. The SMILES string of the molecule is COc1ccc(C(O[C@]23C[C@@]2(F)C[C@]2(OP(OCCC#N)N(C(C)C)C(C)C)C[C@H](n4cnc5c(=O)[nH]c(N)nc54)O[C@@H]23)(c2ccccc2)c2ccc(OC)cc2)cc1. The van der Waals surface area contributed by atoms with Crippen LogP contribution >= 0.6 is 8.53 Å². The number of alkyl halides is 1. The molecule has 16 heteroatoms. The molecule has 1 aliphatic heterocycles. The Bertz CT molecular complexity index is 2340. The number of halogens is 1. The number of nitrogens with two attached hydrogens (primary N) is 1. The Morgan fingerprint density at radius 2 is 1.61 bits per heavy atom. The molecule has 2 aliphatic carbocycles. The van der Waals surface area contributed by atoms with Crippen molar-refractivity contribution >= 4 is 25.6 Å². The highest BCUT2D eigenvalue weighted by atomic mass is 31.2. The fourth-order valence-electron chi connectivity index (χ4n) is 9.15. The van der Waals surface area contributed by atoms with Crippen LogP contribution in [0.4, 0.5) is 10.3 Å². The summed E-state index contributed by atoms with van der Waals surface area (Å²) in [5.41, 5.74) is 1.91. The summed E-state index contributed by atoms with van der Waals surface area (Å²) >= 11 is 0. The molecule has 0 amide bonds. The molecule has 59 heavy (non-hydrogen) atoms. The number of nitriles is 1. The number of rotatable bonds is 16. The van der Waals surface area contributed by atoms with Gasteiger partial charge in [-0.3, -0.25) is 14.3 Å². The zero-order valence-electron chi connectivity index (χ0n) is 33.9. The van der Waals surface area contributed by atoms with E-state index in [2.05, 4.69) is 25.7 Å². The van der Waals surface area contributed by atoms with Gasteiger partial charge in [-0.2, -0.15) is 10.2 Å². The largest absolute Gasteiger partial charge is 0.497 e. The quantitative estimate of drug-likeness (QED) is 0.0579. The Morgan fingerprint density at radius 1 is 1.00 bits per heavy atom. The number of ether oxygens (including phenoxy) is 4. The van der Waals surface area contributed by atoms with Gasteiger partial charge in [-0.1, -0.05) is 54.6 Å². The predicted octanol–water partition coefficient (Wildman–Crippen LogP) is 7.30. The number of nitrogen functional groups attached to an aromatic ring is 1. The molecule has 0 bridgehead atoms. The summed E-state index contributed by atoms with van der Waals surface area (Å²) in [6.07, 6.45) is -0.115. The van der Waals surface area contributed by atoms with E-state index in [0.29, 0.717) is 11.5 Å². The standard InChI is InChI=1S/C43H49FN7O7P/c1-27(2)51(28(3)4)59(55-22-10-21-45)58-40-23-34(50-26-47-35-36(50)48-39(46)49-37(35)52)56-38(40)42(25-41(42,44)24-40)57-43(29-11-8-7-9-12-29,30-13-17-32(53-5)18-14-30)31-15-19-33(54-6)20-16-31/h7-9,11-20,26-28,34,38H,10,22-25H2,1-6H3,(H3,46,48,49,52)/t34-,38+,40-,41+,42+,59?/m1/s1. The first-order valence-corrected chi connectivity index (χ1v) is 20.9. The van der Waals surface area contributed by atoms with Gasteiger partial charge in [0.05, 0.1) is 39.6 Å². The number of hydrogen-bond acceptors (Lipinski definition) is 12. The van der Waals surface area contributed by atoms with E-state index >= 15 is 4.39 Å². The second kappa shape index (κ2) is 15.6. The number of hydrogen-bond donors (Lipinski definition) is 2. The van der Waals surface area contributed by atoms with Gasteiger partial charge in [0.2, 0.25) is 5.95 Å². The van der Waals surface area contributed by atoms with Crippen molar-refractivity contribution in [3.8, 4) is 17.6 Å². The Kier molecular flexibility index (Phi) is 10.8. The molecule has 1 unspecified atom stereocenters. The number of benzene rings is 3. The number of imidazole rings is 1. The molecule has 3 aliphatic rings. The van der Waals surface area contributed by atoms with Gasteiger partial charge < -0.3 is 33.7 Å². The van der Waals surface area contributed by atoms with Crippen molar-refractivity contribution in [3.05, 3.63) is 112 Å². The lowest BCUT2D eigenvalue weighted by molar-refractivity contribution is -0.166. The fourth-order valence-corrected chi connectivity index (χ4v) is 11.0. The van der Waals surface area contributed by atoms with E-state index < -0.39 is 48.9 Å². The number of aromatic nitrogens is 4. The molecule has 2 saturated carbocycles. The Labute approximate surface area is 343 Å². The third-order valence-electron chi connectivity index (χ3n) is 11.7. The first-order chi connectivity index (χ1) is 28.3. The van der Waals surface area contributed by atoms with Crippen LogP contribution in [0, 0.1) is 11.3 Å². The summed E-state index contributed by atoms with van der Waals surface area (Å²) in [7, 11) is 1.34. The molecule has 8 rings (SSSR count). The number of nitrogens with zero attached hydrogens (tertiary/aromatic N) is 5. The van der Waals surface area contributed by atoms with Crippen LogP contribution in [-0.2, 0) is 24.1 Å². The topological polar surface area (TPSA) is 172 Å². The molecule has 3 fully saturated rings. The highest BCUT2D eigenvalue weighted by Gasteiger charge is 2.88. The second-order valence-corrected chi connectivity index (χ2v) is 17.3. The lowest BCUT2D eigenvalue weighted by atomic mass is 9.79. The molecule has 3 aromatic carbocycles. The molecule has 0 radical (unpaired) electrons. The van der Waals surface area contributed by atoms with Crippen molar-refractivity contribution in [1.29, 1.82) is 5.26 Å². The van der Waals surface area contributed by atoms with Crippen LogP contribution in [0.15, 0.2) is 90.0 Å². The summed E-state index contributed by atoms with van der Waals surface area (Å²) < 4.78 is 61.6. The van der Waals surface area contributed by atoms with E-state index in [1.807, 2.05) is 107 Å². The van der Waals surface area contributed by atoms with Gasteiger partial charge in [0.15, 0.2) is 11.2 Å². The highest BCUT2D eigenvalue weighted by molar-refractivity contribution is 7.44. The first kappa shape index (κ1) is 40.8. The third kappa shape index (κ3) is 6.85. The number of aromatic amines is 1. The van der Waals surface area contributed by atoms with E-state index in [0.717, 1.165) is 16.7 Å². The van der Waals surface area contributed by atoms with Gasteiger partial charge in [-0.25, -0.2) is 14.0 Å². The van der Waals surface area contributed by atoms with Crippen LogP contribution < -0.4 is 20.8 Å². The van der Waals surface area contributed by atoms with Crippen molar-refractivity contribution < 1.29 is 32.4 Å². The first-order valence-electron chi connectivity index (χ1n) is 19.7. The fraction of sp³-hybridized carbons (Fsp3) is 0.442. The van der Waals surface area contributed by atoms with Gasteiger partial charge in [0.25, 0.3) is 14.1 Å². The minimum absolute atomic E-state index is 0.0181. The molecule has 5 aromatic rings. The van der Waals surface area contributed by atoms with Crippen LogP contribution in [-0.4, -0.2) is 80.1 Å². The molecule has 1 saturated heterocycles. The average molecular weight is 826 g/mol. The van der Waals surface area contributed by atoms with E-state index in [9.17, 15) is 10.1 Å². The molecule has 2 aromatic heterocycles. The maximum absolute atomic E-state index is 18.2. The maximum Gasteiger partial charge on any atom is 0.280 e. The van der Waals surface area contributed by atoms with Crippen LogP contribution in [0.5, 0.6) is 11.5 Å². The van der Waals surface area contributed by atoms with Crippen molar-refractivity contribution in [2.45, 2.75) is 100 Å². The second-order valence-electron chi connectivity index (χ2n) is 16.0. The zero-order valence-corrected chi connectivity index (χ0v) is 34.8. The molecule has 310 valence electrons. The summed E-state index contributed by atoms with van der Waals surface area (Å²) in [5, 5.41) is 9.47. The van der Waals surface area contributed by atoms with Crippen LogP contribution in [0.3, 0.4) is 0 Å². The summed E-state index contributed by atoms with van der Waals surface area (Å²) in [6.45, 7) is 8.31. The molecular weight excluding hydrogens is 776 g/mol. The molecule has 3 N–H and O–H groups in total. The van der Waals surface area contributed by atoms with Gasteiger partial charge >= 0.3 is 0 Å². The van der Waals surface area contributed by atoms with Gasteiger partial charge in [0.1, 0.15) is 46.3 Å². The normalized spacial score (nSPS) is 25.3. The van der Waals surface area contributed by atoms with Crippen molar-refractivity contribution in [2.24, 2.45) is 0 Å². The van der Waals surface area contributed by atoms with E-state index in [4.69, 9.17) is 33.7 Å². The zero-order chi connectivity index (χ0) is 41.7. The van der Waals surface area contributed by atoms with E-state index in [1.54, 1.807) is 18.8 Å². The van der Waals surface area contributed by atoms with Gasteiger partial charge in [-0.05, 0) is 68.7 Å². The van der Waals surface area contributed by atoms with Crippen molar-refractivity contribution in [2.75, 3.05) is 26.6 Å². The Balaban J connectivity index is 1.31. The van der Waals surface area contributed by atoms with Gasteiger partial charge in [-0.15, -0.1) is 0 Å². The van der Waals surface area contributed by atoms with Crippen LogP contribution in [0.25, 0.3) is 11.2 Å². The minimum Gasteiger partial charge on any atom is -0.497 e. The Hall–Kier alpha value is -4.94. The van der Waals surface area contributed by atoms with Crippen LogP contribution in [0.2, 0.25) is 0 Å². The predicted molar refractivity (Wildman–Crippen MR) is 219 cm³/mol. The smallest absolute Gasteiger partial charge is 0.280 e. The summed E-state index contributed by atoms with van der Waals surface area (Å²) in [4.78, 5) is 24.2.